The Kier molecular flexibility index (Phi) is 38.6. The lowest BCUT2D eigenvalue weighted by atomic mass is 10.0. The van der Waals surface area contributed by atoms with Crippen molar-refractivity contribution in [2.45, 2.75) is 193 Å². The minimum Gasteiger partial charge on any atom is -0.480 e. The van der Waals surface area contributed by atoms with Gasteiger partial charge in [-0.3, -0.25) is 18.6 Å². The van der Waals surface area contributed by atoms with E-state index in [0.717, 1.165) is 38.5 Å². The fraction of sp³-hybridized carbons (Fsp3) is 0.773. The lowest BCUT2D eigenvalue weighted by molar-refractivity contribution is -0.154. The Morgan fingerprint density at radius 3 is 1.49 bits per heavy atom. The molecule has 0 spiro atoms. The van der Waals surface area contributed by atoms with E-state index in [0.29, 0.717) is 19.4 Å². The average molecular weight is 798 g/mol. The van der Waals surface area contributed by atoms with Crippen molar-refractivity contribution in [1.29, 1.82) is 0 Å². The van der Waals surface area contributed by atoms with E-state index in [1.807, 2.05) is 6.08 Å². The minimum atomic E-state index is -4.63. The molecule has 0 aromatic heterocycles. The predicted octanol–water partition coefficient (Wildman–Crippen LogP) is 11.9. The summed E-state index contributed by atoms with van der Waals surface area (Å²) in [6, 6.07) is -1.48. The second kappa shape index (κ2) is 40.1. The number of hydrogen-bond donors (Lipinski definition) is 3. The summed E-state index contributed by atoms with van der Waals surface area (Å²) in [5.41, 5.74) is 5.35. The first-order chi connectivity index (χ1) is 26.7. The SMILES string of the molecule is CCCCC/C=C\C/C=C\C/C=C\C/C=C\CCCC(=O)O[C@H](COCCCCCCCCCCCCCCCCCC)COP(=O)(O)OC[C@H](N)C(=O)O. The zero-order valence-corrected chi connectivity index (χ0v) is 35.7. The van der Waals surface area contributed by atoms with Crippen LogP contribution in [-0.2, 0) is 32.7 Å². The summed E-state index contributed by atoms with van der Waals surface area (Å²) < 4.78 is 33.3. The van der Waals surface area contributed by atoms with E-state index in [4.69, 9.17) is 29.4 Å². The number of carbonyl (C=O) groups excluding carboxylic acids is 1. The number of phosphoric acid groups is 1. The van der Waals surface area contributed by atoms with E-state index in [2.05, 4.69) is 56.4 Å². The number of carbonyl (C=O) groups is 2. The molecule has 0 aliphatic carbocycles. The van der Waals surface area contributed by atoms with Gasteiger partial charge < -0.3 is 25.2 Å². The zero-order chi connectivity index (χ0) is 40.5. The highest BCUT2D eigenvalue weighted by atomic mass is 31.2. The summed E-state index contributed by atoms with van der Waals surface area (Å²) >= 11 is 0. The summed E-state index contributed by atoms with van der Waals surface area (Å²) in [5, 5.41) is 8.89. The fourth-order valence-electron chi connectivity index (χ4n) is 5.71. The number of allylic oxidation sites excluding steroid dienone is 8. The summed E-state index contributed by atoms with van der Waals surface area (Å²) in [5.74, 6) is -1.84. The van der Waals surface area contributed by atoms with Crippen LogP contribution in [0.1, 0.15) is 181 Å². The van der Waals surface area contributed by atoms with Crippen LogP contribution < -0.4 is 5.73 Å². The second-order valence-corrected chi connectivity index (χ2v) is 15.9. The molecule has 0 fully saturated rings. The van der Waals surface area contributed by atoms with Crippen LogP contribution in [0.4, 0.5) is 0 Å². The molecule has 11 heteroatoms. The molecule has 0 saturated carbocycles. The Morgan fingerprint density at radius 1 is 0.582 bits per heavy atom. The normalized spacial score (nSPS) is 14.4. The van der Waals surface area contributed by atoms with Gasteiger partial charge in [0.15, 0.2) is 0 Å². The van der Waals surface area contributed by atoms with Gasteiger partial charge >= 0.3 is 19.8 Å². The lowest BCUT2D eigenvalue weighted by Crippen LogP contribution is -2.34. The van der Waals surface area contributed by atoms with Crippen LogP contribution >= 0.6 is 7.82 Å². The Morgan fingerprint density at radius 2 is 1.00 bits per heavy atom. The van der Waals surface area contributed by atoms with Gasteiger partial charge in [-0.2, -0.15) is 0 Å². The van der Waals surface area contributed by atoms with E-state index in [1.54, 1.807) is 0 Å². The monoisotopic (exact) mass is 798 g/mol. The molecule has 0 bridgehead atoms. The average Bonchev–Trinajstić information content (AvgIpc) is 3.16. The van der Waals surface area contributed by atoms with Gasteiger partial charge in [0.1, 0.15) is 12.1 Å². The Hall–Kier alpha value is -2.07. The number of unbranched alkanes of at least 4 members (excludes halogenated alkanes) is 19. The number of ether oxygens (including phenoxy) is 2. The molecule has 0 aromatic carbocycles. The molecule has 0 amide bonds. The summed E-state index contributed by atoms with van der Waals surface area (Å²) in [7, 11) is -4.63. The first-order valence-corrected chi connectivity index (χ1v) is 23.2. The summed E-state index contributed by atoms with van der Waals surface area (Å²) in [4.78, 5) is 33.5. The lowest BCUT2D eigenvalue weighted by Gasteiger charge is -2.20. The van der Waals surface area contributed by atoms with E-state index in [1.165, 1.54) is 109 Å². The van der Waals surface area contributed by atoms with Crippen molar-refractivity contribution in [1.82, 2.24) is 0 Å². The van der Waals surface area contributed by atoms with E-state index in [9.17, 15) is 19.0 Å². The number of carboxylic acid groups (broad SMARTS) is 1. The molecule has 0 aliphatic heterocycles. The van der Waals surface area contributed by atoms with Gasteiger partial charge in [-0.1, -0.05) is 172 Å². The molecular weight excluding hydrogens is 717 g/mol. The number of rotatable bonds is 41. The second-order valence-electron chi connectivity index (χ2n) is 14.5. The maximum absolute atomic E-state index is 12.6. The molecule has 4 N–H and O–H groups in total. The number of carboxylic acids is 1. The van der Waals surface area contributed by atoms with Gasteiger partial charge in [0, 0.05) is 13.0 Å². The van der Waals surface area contributed by atoms with Crippen molar-refractivity contribution in [3.63, 3.8) is 0 Å². The van der Waals surface area contributed by atoms with Crippen LogP contribution in [0.2, 0.25) is 0 Å². The van der Waals surface area contributed by atoms with Gasteiger partial charge in [-0.15, -0.1) is 0 Å². The number of nitrogens with two attached hydrogens (primary N) is 1. The largest absolute Gasteiger partial charge is 0.480 e. The molecule has 10 nitrogen and oxygen atoms in total. The molecule has 320 valence electrons. The molecule has 55 heavy (non-hydrogen) atoms. The van der Waals surface area contributed by atoms with E-state index in [-0.39, 0.29) is 13.0 Å². The summed E-state index contributed by atoms with van der Waals surface area (Å²) in [6.45, 7) is 3.79. The minimum absolute atomic E-state index is 0.00368. The van der Waals surface area contributed by atoms with Gasteiger partial charge in [0.2, 0.25) is 0 Å². The molecule has 0 rings (SSSR count). The zero-order valence-electron chi connectivity index (χ0n) is 34.8. The van der Waals surface area contributed by atoms with Gasteiger partial charge in [0.05, 0.1) is 19.8 Å². The smallest absolute Gasteiger partial charge is 0.472 e. The number of hydrogen-bond acceptors (Lipinski definition) is 8. The van der Waals surface area contributed by atoms with Crippen LogP contribution in [-0.4, -0.2) is 60.5 Å². The Bertz CT molecular complexity index is 1060. The topological polar surface area (TPSA) is 155 Å². The highest BCUT2D eigenvalue weighted by Crippen LogP contribution is 2.43. The molecular formula is C44H80NO9P. The number of esters is 1. The molecule has 0 aliphatic rings. The molecule has 3 atom stereocenters. The van der Waals surface area contributed by atoms with Gasteiger partial charge in [-0.25, -0.2) is 4.57 Å². The Labute approximate surface area is 335 Å². The molecule has 0 aromatic rings. The first-order valence-electron chi connectivity index (χ1n) is 21.7. The van der Waals surface area contributed by atoms with Crippen molar-refractivity contribution in [3.8, 4) is 0 Å². The first kappa shape index (κ1) is 52.9. The molecule has 0 radical (unpaired) electrons. The van der Waals surface area contributed by atoms with E-state index >= 15 is 0 Å². The molecule has 0 saturated heterocycles. The van der Waals surface area contributed by atoms with Gasteiger partial charge in [-0.05, 0) is 51.4 Å². The van der Waals surface area contributed by atoms with Gasteiger partial charge in [0.25, 0.3) is 0 Å². The maximum atomic E-state index is 12.6. The van der Waals surface area contributed by atoms with Crippen LogP contribution in [0.25, 0.3) is 0 Å². The van der Waals surface area contributed by atoms with Crippen molar-refractivity contribution in [3.05, 3.63) is 48.6 Å². The highest BCUT2D eigenvalue weighted by molar-refractivity contribution is 7.47. The van der Waals surface area contributed by atoms with E-state index < -0.39 is 45.1 Å². The van der Waals surface area contributed by atoms with Crippen LogP contribution in [0.15, 0.2) is 48.6 Å². The highest BCUT2D eigenvalue weighted by Gasteiger charge is 2.27. The summed E-state index contributed by atoms with van der Waals surface area (Å²) in [6.07, 6.45) is 46.0. The standard InChI is InChI=1S/C44H80NO9P/c1-3-5-7-9-11-13-15-17-19-21-22-24-26-28-30-32-34-36-43(46)54-41(39-52-55(49,50)53-40-42(45)44(47)48)38-51-37-35-33-31-29-27-25-23-20-18-16-14-12-10-8-6-4-2/h11,13,17,19,22,24,28,30,41-42H,3-10,12,14-16,18,20-21,23,25-27,29,31-40,45H2,1-2H3,(H,47,48)(H,49,50)/b13-11-,19-17-,24-22-,30-28-/t41-,42+/m1/s1. The molecule has 0 heterocycles. The van der Waals surface area contributed by atoms with Crippen molar-refractivity contribution in [2.24, 2.45) is 5.73 Å². The fourth-order valence-corrected chi connectivity index (χ4v) is 6.49. The quantitative estimate of drug-likeness (QED) is 0.0236. The van der Waals surface area contributed by atoms with Crippen LogP contribution in [0.5, 0.6) is 0 Å². The maximum Gasteiger partial charge on any atom is 0.472 e. The van der Waals surface area contributed by atoms with Crippen molar-refractivity contribution >= 4 is 19.8 Å². The van der Waals surface area contributed by atoms with Crippen LogP contribution in [0, 0.1) is 0 Å². The third kappa shape index (κ3) is 39.9. The predicted molar refractivity (Wildman–Crippen MR) is 226 cm³/mol. The molecule has 1 unspecified atom stereocenters. The van der Waals surface area contributed by atoms with Crippen LogP contribution in [0.3, 0.4) is 0 Å². The van der Waals surface area contributed by atoms with Crippen molar-refractivity contribution < 1.29 is 42.7 Å². The third-order valence-electron chi connectivity index (χ3n) is 9.11. The Balaban J connectivity index is 4.33. The van der Waals surface area contributed by atoms with Crippen molar-refractivity contribution in [2.75, 3.05) is 26.4 Å². The number of phosphoric ester groups is 1. The third-order valence-corrected chi connectivity index (χ3v) is 10.1. The number of aliphatic carboxylic acids is 1.